The molecule has 2 aliphatic heterocycles. The summed E-state index contributed by atoms with van der Waals surface area (Å²) >= 11 is 0. The van der Waals surface area contributed by atoms with Crippen LogP contribution in [0, 0.1) is 0 Å². The fourth-order valence-electron chi connectivity index (χ4n) is 2.95. The molecule has 0 aromatic carbocycles. The van der Waals surface area contributed by atoms with Crippen LogP contribution in [-0.4, -0.2) is 67.5 Å². The second-order valence-electron chi connectivity index (χ2n) is 5.60. The van der Waals surface area contributed by atoms with E-state index in [2.05, 4.69) is 15.6 Å². The highest BCUT2D eigenvalue weighted by molar-refractivity contribution is 5.10. The molecule has 2 saturated heterocycles. The maximum absolute atomic E-state index is 10.6. The van der Waals surface area contributed by atoms with Crippen LogP contribution >= 0.6 is 0 Å². The number of nitrogens with one attached hydrogen (secondary N) is 2. The Morgan fingerprint density at radius 1 is 1.32 bits per heavy atom. The minimum Gasteiger partial charge on any atom is -0.390 e. The standard InChI is InChI=1S/C15H23N3O4/c1-20-7-6-17-13-14(19)12(11-9-21-15(13)22-11)18-8-10-2-4-16-5-3-10/h2-5,11-15,17-19H,6-9H2,1H3/t11-,12-,13-,14+,15-/m1/s1. The van der Waals surface area contributed by atoms with Crippen LogP contribution in [-0.2, 0) is 20.8 Å². The molecular formula is C15H23N3O4. The van der Waals surface area contributed by atoms with E-state index in [1.165, 1.54) is 0 Å². The Morgan fingerprint density at radius 2 is 2.14 bits per heavy atom. The van der Waals surface area contributed by atoms with Crippen molar-refractivity contribution in [3.8, 4) is 0 Å². The van der Waals surface area contributed by atoms with Gasteiger partial charge in [0.2, 0.25) is 0 Å². The van der Waals surface area contributed by atoms with E-state index in [-0.39, 0.29) is 18.2 Å². The monoisotopic (exact) mass is 309 g/mol. The molecule has 3 N–H and O–H groups in total. The number of ether oxygens (including phenoxy) is 3. The molecule has 7 heteroatoms. The molecular weight excluding hydrogens is 286 g/mol. The molecule has 0 unspecified atom stereocenters. The normalized spacial score (nSPS) is 34.0. The third-order valence-corrected chi connectivity index (χ3v) is 4.14. The summed E-state index contributed by atoms with van der Waals surface area (Å²) < 4.78 is 16.5. The highest BCUT2D eigenvalue weighted by atomic mass is 16.7. The molecule has 0 saturated carbocycles. The van der Waals surface area contributed by atoms with Crippen molar-refractivity contribution in [1.29, 1.82) is 0 Å². The van der Waals surface area contributed by atoms with Crippen molar-refractivity contribution in [1.82, 2.24) is 15.6 Å². The van der Waals surface area contributed by atoms with Crippen LogP contribution in [0.4, 0.5) is 0 Å². The van der Waals surface area contributed by atoms with Gasteiger partial charge < -0.3 is 30.0 Å². The van der Waals surface area contributed by atoms with E-state index < -0.39 is 12.4 Å². The number of nitrogens with zero attached hydrogens (tertiary/aromatic N) is 1. The average molecular weight is 309 g/mol. The number of rotatable bonds is 7. The first kappa shape index (κ1) is 15.8. The molecule has 0 amide bonds. The highest BCUT2D eigenvalue weighted by Crippen LogP contribution is 2.28. The van der Waals surface area contributed by atoms with E-state index in [0.717, 1.165) is 5.56 Å². The van der Waals surface area contributed by atoms with E-state index in [4.69, 9.17) is 14.2 Å². The van der Waals surface area contributed by atoms with Crippen molar-refractivity contribution in [2.24, 2.45) is 0 Å². The maximum atomic E-state index is 10.6. The Labute approximate surface area is 130 Å². The van der Waals surface area contributed by atoms with Crippen molar-refractivity contribution in [2.45, 2.75) is 37.1 Å². The summed E-state index contributed by atoms with van der Waals surface area (Å²) in [5, 5.41) is 17.3. The van der Waals surface area contributed by atoms with Gasteiger partial charge in [0.25, 0.3) is 0 Å². The fourth-order valence-corrected chi connectivity index (χ4v) is 2.95. The predicted molar refractivity (Wildman–Crippen MR) is 79.2 cm³/mol. The molecule has 3 rings (SSSR count). The number of fused-ring (bicyclic) bond motifs is 2. The van der Waals surface area contributed by atoms with Gasteiger partial charge in [0.15, 0.2) is 6.29 Å². The Bertz CT molecular complexity index is 461. The lowest BCUT2D eigenvalue weighted by Crippen LogP contribution is -2.63. The second kappa shape index (κ2) is 7.45. The van der Waals surface area contributed by atoms with E-state index in [0.29, 0.717) is 26.3 Å². The fraction of sp³-hybridized carbons (Fsp3) is 0.667. The number of aliphatic hydroxyl groups excluding tert-OH is 1. The number of hydrogen-bond acceptors (Lipinski definition) is 7. The molecule has 0 spiro atoms. The number of aliphatic hydroxyl groups is 1. The SMILES string of the molecule is COCCN[C@H]1[C@@H]2OC[C@@H](O2)[C@@H](NCc2ccncc2)[C@@H]1O. The van der Waals surface area contributed by atoms with Gasteiger partial charge in [0.05, 0.1) is 31.4 Å². The summed E-state index contributed by atoms with van der Waals surface area (Å²) in [6, 6.07) is 3.47. The second-order valence-corrected chi connectivity index (χ2v) is 5.60. The van der Waals surface area contributed by atoms with Crippen molar-refractivity contribution in [2.75, 3.05) is 26.9 Å². The van der Waals surface area contributed by atoms with Gasteiger partial charge in [-0.25, -0.2) is 0 Å². The smallest absolute Gasteiger partial charge is 0.176 e. The summed E-state index contributed by atoms with van der Waals surface area (Å²) in [7, 11) is 1.65. The van der Waals surface area contributed by atoms with E-state index in [1.54, 1.807) is 19.5 Å². The molecule has 0 aliphatic carbocycles. The van der Waals surface area contributed by atoms with Crippen molar-refractivity contribution >= 4 is 0 Å². The van der Waals surface area contributed by atoms with Crippen molar-refractivity contribution in [3.05, 3.63) is 30.1 Å². The Morgan fingerprint density at radius 3 is 2.91 bits per heavy atom. The minimum atomic E-state index is -0.579. The van der Waals surface area contributed by atoms with Gasteiger partial charge in [-0.05, 0) is 17.7 Å². The number of aromatic nitrogens is 1. The van der Waals surface area contributed by atoms with Crippen LogP contribution in [0.5, 0.6) is 0 Å². The maximum Gasteiger partial charge on any atom is 0.176 e. The molecule has 7 nitrogen and oxygen atoms in total. The molecule has 122 valence electrons. The summed E-state index contributed by atoms with van der Waals surface area (Å²) in [6.45, 7) is 2.37. The predicted octanol–water partition coefficient (Wildman–Crippen LogP) is -0.740. The molecule has 3 heterocycles. The number of methoxy groups -OCH3 is 1. The summed E-state index contributed by atoms with van der Waals surface area (Å²) in [5.74, 6) is 0. The molecule has 2 bridgehead atoms. The largest absolute Gasteiger partial charge is 0.390 e. The van der Waals surface area contributed by atoms with Gasteiger partial charge in [-0.15, -0.1) is 0 Å². The van der Waals surface area contributed by atoms with E-state index in [9.17, 15) is 5.11 Å². The highest BCUT2D eigenvalue weighted by Gasteiger charge is 2.49. The molecule has 0 radical (unpaired) electrons. The molecule has 2 aliphatic rings. The first-order chi connectivity index (χ1) is 10.8. The lowest BCUT2D eigenvalue weighted by Gasteiger charge is -2.39. The number of hydrogen-bond donors (Lipinski definition) is 3. The molecule has 5 atom stereocenters. The van der Waals surface area contributed by atoms with Gasteiger partial charge in [-0.1, -0.05) is 0 Å². The first-order valence-electron chi connectivity index (χ1n) is 7.59. The zero-order valence-corrected chi connectivity index (χ0v) is 12.6. The Kier molecular flexibility index (Phi) is 5.35. The Hall–Kier alpha value is -1.09. The van der Waals surface area contributed by atoms with E-state index >= 15 is 0 Å². The lowest BCUT2D eigenvalue weighted by atomic mass is 9.95. The third-order valence-electron chi connectivity index (χ3n) is 4.14. The summed E-state index contributed by atoms with van der Waals surface area (Å²) in [6.07, 6.45) is 2.42. The van der Waals surface area contributed by atoms with Gasteiger partial charge in [-0.3, -0.25) is 4.98 Å². The average Bonchev–Trinajstić information content (AvgIpc) is 2.97. The van der Waals surface area contributed by atoms with Crippen molar-refractivity contribution in [3.63, 3.8) is 0 Å². The van der Waals surface area contributed by atoms with Gasteiger partial charge in [0, 0.05) is 32.6 Å². The van der Waals surface area contributed by atoms with Crippen LogP contribution < -0.4 is 10.6 Å². The Balaban J connectivity index is 1.60. The molecule has 22 heavy (non-hydrogen) atoms. The van der Waals surface area contributed by atoms with Crippen LogP contribution in [0.1, 0.15) is 5.56 Å². The minimum absolute atomic E-state index is 0.123. The summed E-state index contributed by atoms with van der Waals surface area (Å²) in [4.78, 5) is 4.00. The van der Waals surface area contributed by atoms with Crippen LogP contribution in [0.3, 0.4) is 0 Å². The van der Waals surface area contributed by atoms with Crippen molar-refractivity contribution < 1.29 is 19.3 Å². The quantitative estimate of drug-likeness (QED) is 0.572. The van der Waals surface area contributed by atoms with E-state index in [1.807, 2.05) is 12.1 Å². The van der Waals surface area contributed by atoms with Crippen LogP contribution in [0.2, 0.25) is 0 Å². The topological polar surface area (TPSA) is 84.9 Å². The molecule has 2 fully saturated rings. The van der Waals surface area contributed by atoms with Gasteiger partial charge >= 0.3 is 0 Å². The molecule has 1 aromatic rings. The third kappa shape index (κ3) is 3.45. The first-order valence-corrected chi connectivity index (χ1v) is 7.59. The molecule has 1 aromatic heterocycles. The zero-order chi connectivity index (χ0) is 15.4. The van der Waals surface area contributed by atoms with Gasteiger partial charge in [0.1, 0.15) is 6.10 Å². The number of pyridine rings is 1. The summed E-state index contributed by atoms with van der Waals surface area (Å²) in [5.41, 5.74) is 1.12. The lowest BCUT2D eigenvalue weighted by molar-refractivity contribution is -0.153. The zero-order valence-electron chi connectivity index (χ0n) is 12.6. The van der Waals surface area contributed by atoms with Crippen LogP contribution in [0.15, 0.2) is 24.5 Å². The van der Waals surface area contributed by atoms with Gasteiger partial charge in [-0.2, -0.15) is 0 Å². The van der Waals surface area contributed by atoms with Crippen LogP contribution in [0.25, 0.3) is 0 Å².